The summed E-state index contributed by atoms with van der Waals surface area (Å²) in [6.07, 6.45) is 2.02. The molecule has 6 nitrogen and oxygen atoms in total. The van der Waals surface area contributed by atoms with Gasteiger partial charge in [-0.15, -0.1) is 0 Å². The van der Waals surface area contributed by atoms with Crippen molar-refractivity contribution in [3.63, 3.8) is 0 Å². The van der Waals surface area contributed by atoms with Gasteiger partial charge in [0.1, 0.15) is 17.2 Å². The van der Waals surface area contributed by atoms with Crippen LogP contribution in [-0.2, 0) is 9.59 Å². The number of aryl methyl sites for hydroxylation is 2. The summed E-state index contributed by atoms with van der Waals surface area (Å²) in [6, 6.07) is 11.1. The lowest BCUT2D eigenvalue weighted by molar-refractivity contribution is -0.120. The van der Waals surface area contributed by atoms with Crippen LogP contribution in [0.15, 0.2) is 42.1 Å². The molecule has 2 heterocycles. The first-order valence-electron chi connectivity index (χ1n) is 10.1. The van der Waals surface area contributed by atoms with Gasteiger partial charge in [0.15, 0.2) is 0 Å². The maximum absolute atomic E-state index is 13.7. The van der Waals surface area contributed by atoms with Crippen LogP contribution >= 0.6 is 0 Å². The number of carbonyl (C=O) groups excluding carboxylic acids is 2. The fourth-order valence-electron chi connectivity index (χ4n) is 4.28. The molecular formula is C24H26N2O4. The number of imide groups is 1. The number of hydrogen-bond acceptors (Lipinski definition) is 5. The minimum atomic E-state index is -0.333. The summed E-state index contributed by atoms with van der Waals surface area (Å²) in [7, 11) is 3.07. The molecule has 1 fully saturated rings. The number of benzene rings is 2. The first-order valence-corrected chi connectivity index (χ1v) is 10.1. The predicted molar refractivity (Wildman–Crippen MR) is 116 cm³/mol. The molecule has 4 rings (SSSR count). The number of amides is 2. The molecule has 0 aromatic heterocycles. The molecular weight excluding hydrogens is 380 g/mol. The number of rotatable bonds is 5. The highest BCUT2D eigenvalue weighted by Crippen LogP contribution is 2.41. The molecule has 2 aliphatic rings. The molecule has 0 N–H and O–H groups in total. The van der Waals surface area contributed by atoms with E-state index < -0.39 is 0 Å². The number of carbonyl (C=O) groups is 2. The quantitative estimate of drug-likeness (QED) is 0.709. The molecule has 0 bridgehead atoms. The Kier molecular flexibility index (Phi) is 5.24. The van der Waals surface area contributed by atoms with Crippen molar-refractivity contribution in [3.05, 3.63) is 58.8 Å². The zero-order chi connectivity index (χ0) is 21.4. The number of ether oxygens (including phenoxy) is 2. The van der Waals surface area contributed by atoms with Crippen LogP contribution in [0.25, 0.3) is 5.57 Å². The number of methoxy groups -OCH3 is 2. The van der Waals surface area contributed by atoms with Gasteiger partial charge >= 0.3 is 0 Å². The van der Waals surface area contributed by atoms with Crippen LogP contribution in [0.3, 0.4) is 0 Å². The van der Waals surface area contributed by atoms with Gasteiger partial charge in [-0.25, -0.2) is 4.90 Å². The molecule has 0 saturated carbocycles. The first kappa shape index (κ1) is 20.0. The van der Waals surface area contributed by atoms with Gasteiger partial charge in [-0.3, -0.25) is 9.59 Å². The van der Waals surface area contributed by atoms with Gasteiger partial charge in [0.2, 0.25) is 0 Å². The van der Waals surface area contributed by atoms with E-state index in [0.29, 0.717) is 28.5 Å². The Labute approximate surface area is 176 Å². The molecule has 0 spiro atoms. The Morgan fingerprint density at radius 2 is 1.60 bits per heavy atom. The number of likely N-dealkylation sites (tertiary alicyclic amines) is 1. The van der Waals surface area contributed by atoms with Crippen molar-refractivity contribution >= 4 is 23.1 Å². The molecule has 0 unspecified atom stereocenters. The van der Waals surface area contributed by atoms with Crippen LogP contribution < -0.4 is 14.4 Å². The van der Waals surface area contributed by atoms with E-state index in [1.165, 1.54) is 12.0 Å². The SMILES string of the molecule is COc1ccc(OC)c(N2C(=O)C(c3ccc(C)cc3C)=C(N3CCCC3)C2=O)c1. The lowest BCUT2D eigenvalue weighted by Gasteiger charge is -2.21. The van der Waals surface area contributed by atoms with Crippen molar-refractivity contribution < 1.29 is 19.1 Å². The second-order valence-corrected chi connectivity index (χ2v) is 7.72. The molecule has 156 valence electrons. The molecule has 0 aliphatic carbocycles. The normalized spacial score (nSPS) is 16.7. The van der Waals surface area contributed by atoms with E-state index in [2.05, 4.69) is 0 Å². The average molecular weight is 406 g/mol. The monoisotopic (exact) mass is 406 g/mol. The molecule has 2 aromatic rings. The van der Waals surface area contributed by atoms with Crippen LogP contribution in [0.5, 0.6) is 11.5 Å². The van der Waals surface area contributed by atoms with Gasteiger partial charge in [-0.1, -0.05) is 23.8 Å². The maximum atomic E-state index is 13.7. The van der Waals surface area contributed by atoms with Crippen molar-refractivity contribution in [2.75, 3.05) is 32.2 Å². The highest BCUT2D eigenvalue weighted by atomic mass is 16.5. The van der Waals surface area contributed by atoms with Gasteiger partial charge in [0, 0.05) is 19.2 Å². The summed E-state index contributed by atoms with van der Waals surface area (Å²) in [6.45, 7) is 5.53. The molecule has 2 aliphatic heterocycles. The van der Waals surface area contributed by atoms with Gasteiger partial charge < -0.3 is 14.4 Å². The van der Waals surface area contributed by atoms with Gasteiger partial charge in [0.25, 0.3) is 11.8 Å². The first-order chi connectivity index (χ1) is 14.5. The smallest absolute Gasteiger partial charge is 0.282 e. The van der Waals surface area contributed by atoms with E-state index in [9.17, 15) is 9.59 Å². The predicted octanol–water partition coefficient (Wildman–Crippen LogP) is 3.70. The lowest BCUT2D eigenvalue weighted by Crippen LogP contribution is -2.34. The molecule has 2 amide bonds. The highest BCUT2D eigenvalue weighted by molar-refractivity contribution is 6.45. The summed E-state index contributed by atoms with van der Waals surface area (Å²) < 4.78 is 10.8. The number of nitrogens with zero attached hydrogens (tertiary/aromatic N) is 2. The summed E-state index contributed by atoms with van der Waals surface area (Å²) >= 11 is 0. The number of anilines is 1. The third-order valence-electron chi connectivity index (χ3n) is 5.76. The van der Waals surface area contributed by atoms with Crippen molar-refractivity contribution in [3.8, 4) is 11.5 Å². The van der Waals surface area contributed by atoms with Crippen molar-refractivity contribution in [2.24, 2.45) is 0 Å². The van der Waals surface area contributed by atoms with E-state index in [1.807, 2.05) is 36.9 Å². The minimum absolute atomic E-state index is 0.316. The average Bonchev–Trinajstić information content (AvgIpc) is 3.34. The summed E-state index contributed by atoms with van der Waals surface area (Å²) in [5.41, 5.74) is 4.22. The molecule has 6 heteroatoms. The van der Waals surface area contributed by atoms with Crippen LogP contribution in [-0.4, -0.2) is 44.0 Å². The fourth-order valence-corrected chi connectivity index (χ4v) is 4.28. The second kappa shape index (κ2) is 7.86. The van der Waals surface area contributed by atoms with Crippen molar-refractivity contribution in [2.45, 2.75) is 26.7 Å². The van der Waals surface area contributed by atoms with E-state index in [4.69, 9.17) is 9.47 Å². The molecule has 0 radical (unpaired) electrons. The van der Waals surface area contributed by atoms with Crippen LogP contribution in [0, 0.1) is 13.8 Å². The Hall–Kier alpha value is -3.28. The minimum Gasteiger partial charge on any atom is -0.497 e. The van der Waals surface area contributed by atoms with Crippen LogP contribution in [0.4, 0.5) is 5.69 Å². The van der Waals surface area contributed by atoms with Crippen molar-refractivity contribution in [1.29, 1.82) is 0 Å². The Bertz CT molecular complexity index is 1050. The Balaban J connectivity index is 1.89. The molecule has 30 heavy (non-hydrogen) atoms. The maximum Gasteiger partial charge on any atom is 0.282 e. The van der Waals surface area contributed by atoms with Gasteiger partial charge in [-0.05, 0) is 49.9 Å². The summed E-state index contributed by atoms with van der Waals surface area (Å²) in [5.74, 6) is 0.345. The molecule has 0 atom stereocenters. The standard InChI is InChI=1S/C24H26N2O4/c1-15-7-9-18(16(2)13-15)21-22(25-11-5-6-12-25)24(28)26(23(21)27)19-14-17(29-3)8-10-20(19)30-4/h7-10,13-14H,5-6,11-12H2,1-4H3. The van der Waals surface area contributed by atoms with E-state index in [0.717, 1.165) is 42.6 Å². The Morgan fingerprint density at radius 1 is 0.867 bits per heavy atom. The summed E-state index contributed by atoms with van der Waals surface area (Å²) in [5, 5.41) is 0. The van der Waals surface area contributed by atoms with E-state index in [1.54, 1.807) is 25.3 Å². The van der Waals surface area contributed by atoms with Gasteiger partial charge in [-0.2, -0.15) is 0 Å². The van der Waals surface area contributed by atoms with Gasteiger partial charge in [0.05, 0.1) is 25.5 Å². The van der Waals surface area contributed by atoms with E-state index >= 15 is 0 Å². The zero-order valence-corrected chi connectivity index (χ0v) is 17.8. The molecule has 2 aromatic carbocycles. The summed E-state index contributed by atoms with van der Waals surface area (Å²) in [4.78, 5) is 30.6. The number of hydrogen-bond donors (Lipinski definition) is 0. The van der Waals surface area contributed by atoms with E-state index in [-0.39, 0.29) is 11.8 Å². The van der Waals surface area contributed by atoms with Crippen LogP contribution in [0.2, 0.25) is 0 Å². The topological polar surface area (TPSA) is 59.1 Å². The van der Waals surface area contributed by atoms with Crippen molar-refractivity contribution in [1.82, 2.24) is 4.90 Å². The fraction of sp³-hybridized carbons (Fsp3) is 0.333. The largest absolute Gasteiger partial charge is 0.497 e. The lowest BCUT2D eigenvalue weighted by atomic mass is 9.97. The van der Waals surface area contributed by atoms with Crippen LogP contribution in [0.1, 0.15) is 29.5 Å². The molecule has 1 saturated heterocycles. The second-order valence-electron chi connectivity index (χ2n) is 7.72. The third-order valence-corrected chi connectivity index (χ3v) is 5.76. The third kappa shape index (κ3) is 3.22. The highest BCUT2D eigenvalue weighted by Gasteiger charge is 2.44. The Morgan fingerprint density at radius 3 is 2.23 bits per heavy atom. The zero-order valence-electron chi connectivity index (χ0n) is 17.8.